The molecule has 21 unspecified atom stereocenters. The Balaban J connectivity index is 0.949. The van der Waals surface area contributed by atoms with Crippen molar-refractivity contribution in [3.05, 3.63) is 0 Å². The Hall–Kier alpha value is -0.0400. The average Bonchev–Trinajstić information content (AvgIpc) is 2.87. The minimum atomic E-state index is 0.628. The third-order valence-electron chi connectivity index (χ3n) is 14.5. The standard InChI is InChI=1S/C26H34O/c1-6-4-8-10(6)14-12(8)16-18(14)22-20(16)24-23-19-15-11-7(2)5-9(27-3)13(11)17(15)21(19)25(23)26(22)24/h6-26H,4-5H2,1-3H3. The molecule has 10 saturated carbocycles. The van der Waals surface area contributed by atoms with Crippen LogP contribution in [-0.4, -0.2) is 13.2 Å². The molecule has 1 nitrogen and oxygen atoms in total. The first-order valence-corrected chi connectivity index (χ1v) is 12.8. The fraction of sp³-hybridized carbons (Fsp3) is 1.00. The van der Waals surface area contributed by atoms with E-state index in [0.717, 1.165) is 29.6 Å². The van der Waals surface area contributed by atoms with Gasteiger partial charge in [0.2, 0.25) is 0 Å². The monoisotopic (exact) mass is 362 g/mol. The highest BCUT2D eigenvalue weighted by molar-refractivity contribution is 5.39. The normalized spacial score (nSPS) is 86.6. The molecule has 0 amide bonds. The van der Waals surface area contributed by atoms with Gasteiger partial charge in [0, 0.05) is 7.11 Å². The number of methoxy groups -OCH3 is 1. The molecule has 21 atom stereocenters. The van der Waals surface area contributed by atoms with Crippen LogP contribution >= 0.6 is 0 Å². The van der Waals surface area contributed by atoms with Crippen LogP contribution < -0.4 is 0 Å². The van der Waals surface area contributed by atoms with Crippen LogP contribution in [0.3, 0.4) is 0 Å². The molecule has 27 heavy (non-hydrogen) atoms. The molecule has 10 rings (SSSR count). The van der Waals surface area contributed by atoms with Crippen molar-refractivity contribution in [1.29, 1.82) is 0 Å². The summed E-state index contributed by atoms with van der Waals surface area (Å²) in [4.78, 5) is 0. The molecule has 10 aliphatic rings. The summed E-state index contributed by atoms with van der Waals surface area (Å²) in [6.07, 6.45) is 3.62. The quantitative estimate of drug-likeness (QED) is 0.633. The van der Waals surface area contributed by atoms with E-state index in [2.05, 4.69) is 13.8 Å². The van der Waals surface area contributed by atoms with Crippen LogP contribution in [0.25, 0.3) is 0 Å². The lowest BCUT2D eigenvalue weighted by molar-refractivity contribution is -0.495. The maximum Gasteiger partial charge on any atom is 0.0607 e. The zero-order valence-corrected chi connectivity index (χ0v) is 16.9. The van der Waals surface area contributed by atoms with E-state index < -0.39 is 0 Å². The van der Waals surface area contributed by atoms with Gasteiger partial charge in [0.1, 0.15) is 0 Å². The molecule has 144 valence electrons. The smallest absolute Gasteiger partial charge is 0.0607 e. The predicted molar refractivity (Wildman–Crippen MR) is 101 cm³/mol. The van der Waals surface area contributed by atoms with Crippen molar-refractivity contribution in [1.82, 2.24) is 0 Å². The van der Waals surface area contributed by atoms with Crippen molar-refractivity contribution < 1.29 is 4.74 Å². The molecular weight excluding hydrogens is 328 g/mol. The van der Waals surface area contributed by atoms with E-state index in [-0.39, 0.29) is 0 Å². The Bertz CT molecular complexity index is 804. The summed E-state index contributed by atoms with van der Waals surface area (Å²) in [6.45, 7) is 5.12. The second-order valence-electron chi connectivity index (χ2n) is 13.7. The van der Waals surface area contributed by atoms with Crippen LogP contribution in [0.1, 0.15) is 26.7 Å². The Morgan fingerprint density at radius 3 is 1.37 bits per heavy atom. The summed E-state index contributed by atoms with van der Waals surface area (Å²) in [5.41, 5.74) is 0. The fourth-order valence-corrected chi connectivity index (χ4v) is 14.4. The topological polar surface area (TPSA) is 9.23 Å². The molecule has 10 fully saturated rings. The summed E-state index contributed by atoms with van der Waals surface area (Å²) < 4.78 is 5.98. The van der Waals surface area contributed by atoms with Gasteiger partial charge in [0.05, 0.1) is 6.10 Å². The highest BCUT2D eigenvalue weighted by Gasteiger charge is 2.92. The highest BCUT2D eigenvalue weighted by atomic mass is 16.5. The fourth-order valence-electron chi connectivity index (χ4n) is 14.4. The Kier molecular flexibility index (Phi) is 1.93. The van der Waals surface area contributed by atoms with Crippen LogP contribution in [0.4, 0.5) is 0 Å². The third-order valence-corrected chi connectivity index (χ3v) is 14.5. The van der Waals surface area contributed by atoms with Gasteiger partial charge < -0.3 is 4.74 Å². The van der Waals surface area contributed by atoms with Crippen LogP contribution in [0.15, 0.2) is 0 Å². The van der Waals surface area contributed by atoms with E-state index in [1.807, 2.05) is 7.11 Å². The minimum Gasteiger partial charge on any atom is -0.381 e. The van der Waals surface area contributed by atoms with Gasteiger partial charge in [-0.05, 0) is 131 Å². The van der Waals surface area contributed by atoms with Crippen molar-refractivity contribution >= 4 is 0 Å². The summed E-state index contributed by atoms with van der Waals surface area (Å²) in [6, 6.07) is 0. The van der Waals surface area contributed by atoms with Crippen LogP contribution in [-0.2, 0) is 4.74 Å². The molecule has 0 aromatic rings. The van der Waals surface area contributed by atoms with Gasteiger partial charge in [-0.25, -0.2) is 0 Å². The van der Waals surface area contributed by atoms with Crippen molar-refractivity contribution in [2.75, 3.05) is 7.11 Å². The van der Waals surface area contributed by atoms with Gasteiger partial charge in [-0.1, -0.05) is 13.8 Å². The number of hydrogen-bond acceptors (Lipinski definition) is 1. The highest BCUT2D eigenvalue weighted by Crippen LogP contribution is 2.95. The summed E-state index contributed by atoms with van der Waals surface area (Å²) in [7, 11) is 2.00. The molecular formula is C26H34O. The van der Waals surface area contributed by atoms with Crippen LogP contribution in [0, 0.1) is 118 Å². The Morgan fingerprint density at radius 1 is 0.444 bits per heavy atom. The van der Waals surface area contributed by atoms with E-state index in [1.54, 1.807) is 6.42 Å². The van der Waals surface area contributed by atoms with Crippen molar-refractivity contribution in [2.45, 2.75) is 32.8 Å². The molecule has 0 radical (unpaired) electrons. The second-order valence-corrected chi connectivity index (χ2v) is 13.7. The van der Waals surface area contributed by atoms with Crippen LogP contribution in [0.2, 0.25) is 0 Å². The van der Waals surface area contributed by atoms with Crippen molar-refractivity contribution in [3.8, 4) is 0 Å². The minimum absolute atomic E-state index is 0.628. The predicted octanol–water partition coefficient (Wildman–Crippen LogP) is 4.28. The van der Waals surface area contributed by atoms with E-state index in [0.29, 0.717) is 6.10 Å². The maximum atomic E-state index is 5.98. The Morgan fingerprint density at radius 2 is 0.852 bits per heavy atom. The molecule has 0 aromatic heterocycles. The summed E-state index contributed by atoms with van der Waals surface area (Å²) in [5, 5.41) is 0. The molecule has 10 aliphatic carbocycles. The summed E-state index contributed by atoms with van der Waals surface area (Å²) in [5.74, 6) is 23.8. The van der Waals surface area contributed by atoms with Crippen LogP contribution in [0.5, 0.6) is 0 Å². The zero-order valence-electron chi connectivity index (χ0n) is 16.9. The van der Waals surface area contributed by atoms with Gasteiger partial charge in [-0.3, -0.25) is 0 Å². The van der Waals surface area contributed by atoms with E-state index >= 15 is 0 Å². The molecule has 0 bridgehead atoms. The lowest BCUT2D eigenvalue weighted by Crippen LogP contribution is -2.93. The van der Waals surface area contributed by atoms with Gasteiger partial charge >= 0.3 is 0 Å². The lowest BCUT2D eigenvalue weighted by Gasteiger charge is -2.96. The zero-order chi connectivity index (χ0) is 17.2. The first-order chi connectivity index (χ1) is 13.2. The summed E-state index contributed by atoms with van der Waals surface area (Å²) >= 11 is 0. The van der Waals surface area contributed by atoms with E-state index in [9.17, 15) is 0 Å². The third kappa shape index (κ3) is 1.00. The maximum absolute atomic E-state index is 5.98. The first kappa shape index (κ1) is 14.1. The van der Waals surface area contributed by atoms with Crippen molar-refractivity contribution in [3.63, 3.8) is 0 Å². The van der Waals surface area contributed by atoms with E-state index in [1.165, 1.54) is 95.2 Å². The number of rotatable bonds is 1. The number of hydrogen-bond donors (Lipinski definition) is 0. The molecule has 0 aliphatic heterocycles. The Labute approximate surface area is 163 Å². The van der Waals surface area contributed by atoms with Gasteiger partial charge in [0.15, 0.2) is 0 Å². The SMILES string of the molecule is COC1CC(C)C2C1C1C2C2C1C1C2C2C3C4C5C6CC(C)C6C5C4C3C12. The first-order valence-electron chi connectivity index (χ1n) is 12.8. The lowest BCUT2D eigenvalue weighted by atomic mass is 9.08. The molecule has 0 aromatic carbocycles. The average molecular weight is 363 g/mol. The van der Waals surface area contributed by atoms with Gasteiger partial charge in [-0.15, -0.1) is 0 Å². The largest absolute Gasteiger partial charge is 0.381 e. The molecule has 0 N–H and O–H groups in total. The molecule has 0 spiro atoms. The number of fused-ring (bicyclic) bond motifs is 25. The molecule has 1 heteroatoms. The molecule has 0 heterocycles. The van der Waals surface area contributed by atoms with Gasteiger partial charge in [0.25, 0.3) is 0 Å². The second kappa shape index (κ2) is 3.72. The van der Waals surface area contributed by atoms with Crippen molar-refractivity contribution in [2.24, 2.45) is 118 Å². The van der Waals surface area contributed by atoms with E-state index in [4.69, 9.17) is 4.74 Å². The van der Waals surface area contributed by atoms with Gasteiger partial charge in [-0.2, -0.15) is 0 Å². The molecule has 0 saturated heterocycles. The number of ether oxygens (including phenoxy) is 1.